The number of hydrogen-bond donors (Lipinski definition) is 0. The number of piperazine rings is 1. The lowest BCUT2D eigenvalue weighted by molar-refractivity contribution is 0.0674. The van der Waals surface area contributed by atoms with E-state index in [1.807, 2.05) is 18.7 Å². The molecule has 0 saturated carbocycles. The number of anilines is 1. The second-order valence-electron chi connectivity index (χ2n) is 6.27. The van der Waals surface area contributed by atoms with Gasteiger partial charge in [-0.15, -0.1) is 0 Å². The van der Waals surface area contributed by atoms with Crippen LogP contribution in [0.5, 0.6) is 0 Å². The molecule has 0 spiro atoms. The number of nitrogens with zero attached hydrogens (tertiary/aromatic N) is 3. The average Bonchev–Trinajstić information content (AvgIpc) is 2.51. The zero-order valence-corrected chi connectivity index (χ0v) is 13.8. The molecule has 0 amide bonds. The molecular formula is C17H22FN3O2. The fraction of sp³-hybridized carbons (Fsp3) is 0.471. The Balaban J connectivity index is 2.09. The van der Waals surface area contributed by atoms with Crippen LogP contribution in [0.15, 0.2) is 29.2 Å². The van der Waals surface area contributed by atoms with Crippen molar-refractivity contribution < 1.29 is 9.23 Å². The Hall–Kier alpha value is -2.08. The second-order valence-corrected chi connectivity index (χ2v) is 6.27. The number of aromatic nitrogens is 1. The number of rotatable bonds is 3. The Kier molecular flexibility index (Phi) is 4.26. The number of halogens is 1. The Labute approximate surface area is 134 Å². The monoisotopic (exact) mass is 319 g/mol. The average molecular weight is 319 g/mol. The molecule has 0 bridgehead atoms. The molecule has 23 heavy (non-hydrogen) atoms. The van der Waals surface area contributed by atoms with Crippen molar-refractivity contribution in [2.45, 2.75) is 20.0 Å². The van der Waals surface area contributed by atoms with Gasteiger partial charge in [0, 0.05) is 38.4 Å². The molecule has 2 aromatic rings. The summed E-state index contributed by atoms with van der Waals surface area (Å²) in [5.41, 5.74) is 0.922. The summed E-state index contributed by atoms with van der Waals surface area (Å²) in [5, 5.41) is 0.337. The van der Waals surface area contributed by atoms with Gasteiger partial charge in [-0.1, -0.05) is 0 Å². The van der Waals surface area contributed by atoms with Crippen molar-refractivity contribution in [1.82, 2.24) is 9.63 Å². The third-order valence-electron chi connectivity index (χ3n) is 4.10. The van der Waals surface area contributed by atoms with Crippen molar-refractivity contribution in [1.29, 1.82) is 0 Å². The summed E-state index contributed by atoms with van der Waals surface area (Å²) in [6.07, 6.45) is 1.55. The first-order valence-corrected chi connectivity index (χ1v) is 7.91. The van der Waals surface area contributed by atoms with Gasteiger partial charge >= 0.3 is 0 Å². The van der Waals surface area contributed by atoms with Crippen LogP contribution in [0.3, 0.4) is 0 Å². The van der Waals surface area contributed by atoms with Crippen molar-refractivity contribution in [2.75, 3.05) is 38.1 Å². The minimum atomic E-state index is -0.360. The van der Waals surface area contributed by atoms with Crippen LogP contribution in [0.2, 0.25) is 0 Å². The normalized spacial score (nSPS) is 16.3. The summed E-state index contributed by atoms with van der Waals surface area (Å²) in [5.74, 6) is -0.360. The van der Waals surface area contributed by atoms with E-state index in [1.165, 1.54) is 12.1 Å². The maximum Gasteiger partial charge on any atom is 0.189 e. The molecule has 3 rings (SSSR count). The zero-order valence-electron chi connectivity index (χ0n) is 13.8. The Morgan fingerprint density at radius 3 is 2.52 bits per heavy atom. The molecule has 0 N–H and O–H groups in total. The Bertz CT molecular complexity index is 764. The molecule has 0 radical (unpaired) electrons. The van der Waals surface area contributed by atoms with E-state index in [1.54, 1.807) is 17.0 Å². The third kappa shape index (κ3) is 3.17. The van der Waals surface area contributed by atoms with Crippen molar-refractivity contribution in [2.24, 2.45) is 0 Å². The van der Waals surface area contributed by atoms with Crippen LogP contribution >= 0.6 is 0 Å². The zero-order chi connectivity index (χ0) is 16.6. The lowest BCUT2D eigenvalue weighted by atomic mass is 10.1. The Morgan fingerprint density at radius 2 is 1.87 bits per heavy atom. The molecule has 1 aliphatic heterocycles. The predicted octanol–water partition coefficient (Wildman–Crippen LogP) is 1.73. The van der Waals surface area contributed by atoms with Crippen LogP contribution in [0.4, 0.5) is 10.1 Å². The molecule has 124 valence electrons. The maximum atomic E-state index is 14.5. The van der Waals surface area contributed by atoms with Crippen molar-refractivity contribution in [3.63, 3.8) is 0 Å². The van der Waals surface area contributed by atoms with Crippen molar-refractivity contribution in [3.05, 3.63) is 40.4 Å². The maximum absolute atomic E-state index is 14.5. The van der Waals surface area contributed by atoms with E-state index in [0.29, 0.717) is 16.6 Å². The van der Waals surface area contributed by atoms with Crippen LogP contribution in [-0.4, -0.2) is 49.0 Å². The predicted molar refractivity (Wildman–Crippen MR) is 89.6 cm³/mol. The van der Waals surface area contributed by atoms with Gasteiger partial charge in [-0.25, -0.2) is 4.39 Å². The van der Waals surface area contributed by atoms with Gasteiger partial charge in [-0.05, 0) is 33.0 Å². The minimum absolute atomic E-state index is 0.0437. The van der Waals surface area contributed by atoms with Gasteiger partial charge in [0.1, 0.15) is 11.9 Å². The largest absolute Gasteiger partial charge is 0.411 e. The highest BCUT2D eigenvalue weighted by molar-refractivity contribution is 5.83. The fourth-order valence-corrected chi connectivity index (χ4v) is 2.84. The highest BCUT2D eigenvalue weighted by atomic mass is 19.1. The molecule has 1 aromatic carbocycles. The number of pyridine rings is 1. The van der Waals surface area contributed by atoms with Gasteiger partial charge in [0.2, 0.25) is 0 Å². The second kappa shape index (κ2) is 6.20. The van der Waals surface area contributed by atoms with E-state index in [2.05, 4.69) is 11.9 Å². The van der Waals surface area contributed by atoms with Crippen LogP contribution in [-0.2, 0) is 0 Å². The lowest BCUT2D eigenvalue weighted by Gasteiger charge is -2.34. The van der Waals surface area contributed by atoms with E-state index in [9.17, 15) is 9.18 Å². The number of fused-ring (bicyclic) bond motifs is 1. The van der Waals surface area contributed by atoms with E-state index in [4.69, 9.17) is 4.84 Å². The number of benzene rings is 1. The van der Waals surface area contributed by atoms with Crippen molar-refractivity contribution >= 4 is 16.6 Å². The summed E-state index contributed by atoms with van der Waals surface area (Å²) >= 11 is 0. The van der Waals surface area contributed by atoms with E-state index < -0.39 is 0 Å². The SMILES string of the molecule is CC(C)On1ccc(=O)c2cc(F)c(N3CCN(C)CC3)cc21. The highest BCUT2D eigenvalue weighted by Crippen LogP contribution is 2.25. The molecule has 1 aromatic heterocycles. The van der Waals surface area contributed by atoms with E-state index in [-0.39, 0.29) is 17.3 Å². The quantitative estimate of drug-likeness (QED) is 0.863. The van der Waals surface area contributed by atoms with Gasteiger partial charge in [0.05, 0.1) is 16.6 Å². The first-order valence-electron chi connectivity index (χ1n) is 7.91. The number of hydrogen-bond acceptors (Lipinski definition) is 4. The van der Waals surface area contributed by atoms with Gasteiger partial charge in [-0.3, -0.25) is 4.79 Å². The molecule has 0 aliphatic carbocycles. The fourth-order valence-electron chi connectivity index (χ4n) is 2.84. The summed E-state index contributed by atoms with van der Waals surface area (Å²) in [4.78, 5) is 22.0. The van der Waals surface area contributed by atoms with Crippen LogP contribution in [0.1, 0.15) is 13.8 Å². The van der Waals surface area contributed by atoms with E-state index in [0.717, 1.165) is 26.2 Å². The molecule has 6 heteroatoms. The van der Waals surface area contributed by atoms with Crippen molar-refractivity contribution in [3.8, 4) is 0 Å². The van der Waals surface area contributed by atoms with Gasteiger partial charge < -0.3 is 14.6 Å². The number of likely N-dealkylation sites (N-methyl/N-ethyl adjacent to an activating group) is 1. The molecule has 1 saturated heterocycles. The minimum Gasteiger partial charge on any atom is -0.411 e. The smallest absolute Gasteiger partial charge is 0.189 e. The standard InChI is InChI=1S/C17H22FN3O2/c1-12(2)23-21-5-4-17(22)13-10-14(18)16(11-15(13)21)20-8-6-19(3)7-9-20/h4-5,10-12H,6-9H2,1-3H3. The third-order valence-corrected chi connectivity index (χ3v) is 4.10. The molecule has 0 unspecified atom stereocenters. The van der Waals surface area contributed by atoms with Crippen LogP contribution < -0.4 is 15.2 Å². The van der Waals surface area contributed by atoms with Crippen LogP contribution in [0, 0.1) is 5.82 Å². The summed E-state index contributed by atoms with van der Waals surface area (Å²) in [6.45, 7) is 7.13. The van der Waals surface area contributed by atoms with Crippen LogP contribution in [0.25, 0.3) is 10.9 Å². The lowest BCUT2D eigenvalue weighted by Crippen LogP contribution is -2.44. The molecule has 1 aliphatic rings. The summed E-state index contributed by atoms with van der Waals surface area (Å²) < 4.78 is 16.1. The molecular weight excluding hydrogens is 297 g/mol. The first-order chi connectivity index (χ1) is 11.0. The molecule has 5 nitrogen and oxygen atoms in total. The molecule has 1 fully saturated rings. The first kappa shape index (κ1) is 15.8. The topological polar surface area (TPSA) is 37.7 Å². The van der Waals surface area contributed by atoms with Gasteiger partial charge in [0.25, 0.3) is 0 Å². The molecule has 0 atom stereocenters. The summed E-state index contributed by atoms with van der Waals surface area (Å²) in [6, 6.07) is 4.45. The Morgan fingerprint density at radius 1 is 1.17 bits per heavy atom. The van der Waals surface area contributed by atoms with Gasteiger partial charge in [-0.2, -0.15) is 4.73 Å². The van der Waals surface area contributed by atoms with E-state index >= 15 is 0 Å². The highest BCUT2D eigenvalue weighted by Gasteiger charge is 2.19. The molecule has 2 heterocycles. The van der Waals surface area contributed by atoms with Gasteiger partial charge in [0.15, 0.2) is 5.43 Å². The summed E-state index contributed by atoms with van der Waals surface area (Å²) in [7, 11) is 2.06.